The monoisotopic (exact) mass is 446 g/mol. The molecule has 1 heterocycles. The predicted molar refractivity (Wildman–Crippen MR) is 117 cm³/mol. The summed E-state index contributed by atoms with van der Waals surface area (Å²) in [6, 6.07) is 10.8. The number of carbonyl (C=O) groups excluding carboxylic acids is 1. The van der Waals surface area contributed by atoms with Crippen LogP contribution in [0.1, 0.15) is 30.8 Å². The van der Waals surface area contributed by atoms with E-state index in [1.807, 2.05) is 18.5 Å². The van der Waals surface area contributed by atoms with Gasteiger partial charge in [0.1, 0.15) is 11.6 Å². The SMILES string of the molecule is CC(c1ccc(F)cc1)N(C)C(=O)CCc1nc2cc(S(=O)(=O)N(C)C)ccc2n1C. The smallest absolute Gasteiger partial charge is 0.242 e. The number of halogens is 1. The number of rotatable bonds is 7. The first-order valence-electron chi connectivity index (χ1n) is 9.91. The van der Waals surface area contributed by atoms with E-state index in [-0.39, 0.29) is 29.1 Å². The van der Waals surface area contributed by atoms with Gasteiger partial charge >= 0.3 is 0 Å². The number of carbonyl (C=O) groups is 1. The van der Waals surface area contributed by atoms with Crippen LogP contribution >= 0.6 is 0 Å². The van der Waals surface area contributed by atoms with Gasteiger partial charge in [-0.05, 0) is 42.8 Å². The third-order valence-corrected chi connectivity index (χ3v) is 7.42. The third kappa shape index (κ3) is 4.62. The molecule has 31 heavy (non-hydrogen) atoms. The van der Waals surface area contributed by atoms with Crippen LogP contribution in [0.5, 0.6) is 0 Å². The molecule has 7 nitrogen and oxygen atoms in total. The lowest BCUT2D eigenvalue weighted by Crippen LogP contribution is -2.30. The number of imidazole rings is 1. The van der Waals surface area contributed by atoms with Crippen molar-refractivity contribution >= 4 is 27.0 Å². The summed E-state index contributed by atoms with van der Waals surface area (Å²) in [7, 11) is 2.99. The van der Waals surface area contributed by atoms with Crippen LogP contribution in [-0.4, -0.2) is 54.2 Å². The van der Waals surface area contributed by atoms with Gasteiger partial charge in [0, 0.05) is 41.0 Å². The summed E-state index contributed by atoms with van der Waals surface area (Å²) in [5.41, 5.74) is 2.23. The molecular weight excluding hydrogens is 419 g/mol. The molecule has 1 atom stereocenters. The molecule has 9 heteroatoms. The zero-order valence-corrected chi connectivity index (χ0v) is 19.1. The Bertz CT molecular complexity index is 1200. The van der Waals surface area contributed by atoms with Crippen LogP contribution in [0.2, 0.25) is 0 Å². The number of hydrogen-bond donors (Lipinski definition) is 0. The molecule has 3 rings (SSSR count). The molecule has 0 aliphatic rings. The molecule has 0 N–H and O–H groups in total. The predicted octanol–water partition coefficient (Wildman–Crippen LogP) is 3.11. The largest absolute Gasteiger partial charge is 0.339 e. The van der Waals surface area contributed by atoms with Crippen molar-refractivity contribution in [1.82, 2.24) is 18.8 Å². The lowest BCUT2D eigenvalue weighted by atomic mass is 10.1. The maximum absolute atomic E-state index is 13.1. The minimum absolute atomic E-state index is 0.0558. The molecule has 1 unspecified atom stereocenters. The lowest BCUT2D eigenvalue weighted by Gasteiger charge is -2.25. The molecule has 0 bridgehead atoms. The van der Waals surface area contributed by atoms with Gasteiger partial charge in [-0.3, -0.25) is 4.79 Å². The second-order valence-electron chi connectivity index (χ2n) is 7.76. The first kappa shape index (κ1) is 22.9. The highest BCUT2D eigenvalue weighted by Crippen LogP contribution is 2.23. The van der Waals surface area contributed by atoms with Gasteiger partial charge in [0.15, 0.2) is 0 Å². The fourth-order valence-electron chi connectivity index (χ4n) is 3.40. The number of nitrogens with zero attached hydrogens (tertiary/aromatic N) is 4. The topological polar surface area (TPSA) is 75.5 Å². The minimum atomic E-state index is -3.55. The van der Waals surface area contributed by atoms with Crippen molar-refractivity contribution in [2.45, 2.75) is 30.7 Å². The Balaban J connectivity index is 1.75. The van der Waals surface area contributed by atoms with Crippen LogP contribution in [0.3, 0.4) is 0 Å². The van der Waals surface area contributed by atoms with Crippen LogP contribution in [0, 0.1) is 5.82 Å². The van der Waals surface area contributed by atoms with Gasteiger partial charge in [0.05, 0.1) is 22.0 Å². The number of sulfonamides is 1. The quantitative estimate of drug-likeness (QED) is 0.559. The van der Waals surface area contributed by atoms with Crippen molar-refractivity contribution in [3.8, 4) is 0 Å². The van der Waals surface area contributed by atoms with E-state index in [1.54, 1.807) is 42.3 Å². The number of aryl methyl sites for hydroxylation is 2. The molecule has 166 valence electrons. The molecule has 0 spiro atoms. The lowest BCUT2D eigenvalue weighted by molar-refractivity contribution is -0.131. The van der Waals surface area contributed by atoms with Crippen LogP contribution in [0.4, 0.5) is 4.39 Å². The maximum atomic E-state index is 13.1. The first-order chi connectivity index (χ1) is 14.5. The molecule has 1 aromatic heterocycles. The number of benzene rings is 2. The Morgan fingerprint density at radius 3 is 2.39 bits per heavy atom. The molecule has 0 saturated carbocycles. The van der Waals surface area contributed by atoms with Crippen molar-refractivity contribution in [3.05, 3.63) is 59.7 Å². The fourth-order valence-corrected chi connectivity index (χ4v) is 4.32. The molecule has 0 radical (unpaired) electrons. The Morgan fingerprint density at radius 2 is 1.77 bits per heavy atom. The Hall–Kier alpha value is -2.78. The zero-order chi connectivity index (χ0) is 22.9. The number of hydrogen-bond acceptors (Lipinski definition) is 4. The third-order valence-electron chi connectivity index (χ3n) is 5.61. The summed E-state index contributed by atoms with van der Waals surface area (Å²) in [4.78, 5) is 19.1. The molecule has 0 aliphatic carbocycles. The van der Waals surface area contributed by atoms with Gasteiger partial charge < -0.3 is 9.47 Å². The maximum Gasteiger partial charge on any atom is 0.242 e. The summed E-state index contributed by atoms with van der Waals surface area (Å²) in [6.45, 7) is 1.90. The summed E-state index contributed by atoms with van der Waals surface area (Å²) in [6.07, 6.45) is 0.669. The van der Waals surface area contributed by atoms with Crippen molar-refractivity contribution < 1.29 is 17.6 Å². The molecule has 2 aromatic carbocycles. The Morgan fingerprint density at radius 1 is 1.13 bits per heavy atom. The number of amides is 1. The van der Waals surface area contributed by atoms with Gasteiger partial charge in [-0.15, -0.1) is 0 Å². The summed E-state index contributed by atoms with van der Waals surface area (Å²) in [5.74, 6) is 0.332. The highest BCUT2D eigenvalue weighted by atomic mass is 32.2. The Kier molecular flexibility index (Phi) is 6.47. The molecule has 0 aliphatic heterocycles. The Labute approximate surface area is 182 Å². The molecule has 0 fully saturated rings. The van der Waals surface area contributed by atoms with Crippen LogP contribution < -0.4 is 0 Å². The van der Waals surface area contributed by atoms with Crippen LogP contribution in [-0.2, 0) is 28.3 Å². The zero-order valence-electron chi connectivity index (χ0n) is 18.3. The van der Waals surface area contributed by atoms with E-state index in [0.717, 1.165) is 15.4 Å². The van der Waals surface area contributed by atoms with E-state index >= 15 is 0 Å². The summed E-state index contributed by atoms with van der Waals surface area (Å²) >= 11 is 0. The van der Waals surface area contributed by atoms with Gasteiger partial charge in [0.2, 0.25) is 15.9 Å². The second-order valence-corrected chi connectivity index (χ2v) is 9.91. The van der Waals surface area contributed by atoms with Gasteiger partial charge in [-0.2, -0.15) is 0 Å². The van der Waals surface area contributed by atoms with Crippen LogP contribution in [0.15, 0.2) is 47.4 Å². The summed E-state index contributed by atoms with van der Waals surface area (Å²) < 4.78 is 40.9. The fraction of sp³-hybridized carbons (Fsp3) is 0.364. The van der Waals surface area contributed by atoms with Crippen molar-refractivity contribution in [3.63, 3.8) is 0 Å². The summed E-state index contributed by atoms with van der Waals surface area (Å²) in [5, 5.41) is 0. The van der Waals surface area contributed by atoms with Gasteiger partial charge in [0.25, 0.3) is 0 Å². The van der Waals surface area contributed by atoms with E-state index in [1.165, 1.54) is 26.2 Å². The highest BCUT2D eigenvalue weighted by Gasteiger charge is 2.21. The van der Waals surface area contributed by atoms with E-state index in [0.29, 0.717) is 17.8 Å². The van der Waals surface area contributed by atoms with E-state index < -0.39 is 10.0 Å². The van der Waals surface area contributed by atoms with Crippen molar-refractivity contribution in [2.24, 2.45) is 7.05 Å². The van der Waals surface area contributed by atoms with E-state index in [9.17, 15) is 17.6 Å². The van der Waals surface area contributed by atoms with Gasteiger partial charge in [-0.1, -0.05) is 12.1 Å². The molecule has 0 saturated heterocycles. The van der Waals surface area contributed by atoms with Gasteiger partial charge in [-0.25, -0.2) is 22.1 Å². The molecule has 1 amide bonds. The van der Waals surface area contributed by atoms with Crippen LogP contribution in [0.25, 0.3) is 11.0 Å². The normalized spacial score (nSPS) is 13.0. The molecular formula is C22H27FN4O3S. The highest BCUT2D eigenvalue weighted by molar-refractivity contribution is 7.89. The van der Waals surface area contributed by atoms with E-state index in [2.05, 4.69) is 4.98 Å². The average Bonchev–Trinajstić information content (AvgIpc) is 3.06. The first-order valence-corrected chi connectivity index (χ1v) is 11.4. The van der Waals surface area contributed by atoms with Crippen molar-refractivity contribution in [2.75, 3.05) is 21.1 Å². The van der Waals surface area contributed by atoms with E-state index in [4.69, 9.17) is 0 Å². The standard InChI is InChI=1S/C22H27FN4O3S/c1-15(16-6-8-17(23)9-7-16)26(4)22(28)13-12-21-24-19-14-18(31(29,30)25(2)3)10-11-20(19)27(21)5/h6-11,14-15H,12-13H2,1-5H3. The molecule has 3 aromatic rings. The average molecular weight is 447 g/mol. The van der Waals surface area contributed by atoms with Crippen molar-refractivity contribution in [1.29, 1.82) is 0 Å². The second kappa shape index (κ2) is 8.76. The number of aromatic nitrogens is 2. The minimum Gasteiger partial charge on any atom is -0.339 e. The number of fused-ring (bicyclic) bond motifs is 1.